The average Bonchev–Trinajstić information content (AvgIpc) is 2.54. The lowest BCUT2D eigenvalue weighted by Gasteiger charge is -2.27. The standard InChI is InChI=1S/C13H24F3NO/c1-2-17-12(9-18-10-13(14,15)16)11-7-5-3-4-6-8-11/h11-12,17H,2-10H2,1H3. The molecule has 0 aliphatic heterocycles. The predicted octanol–water partition coefficient (Wildman–Crippen LogP) is 3.51. The Hall–Kier alpha value is -0.290. The molecular weight excluding hydrogens is 243 g/mol. The van der Waals surface area contributed by atoms with Crippen molar-refractivity contribution < 1.29 is 17.9 Å². The minimum Gasteiger partial charge on any atom is -0.370 e. The second-order valence-electron chi connectivity index (χ2n) is 5.05. The van der Waals surface area contributed by atoms with Crippen molar-refractivity contribution in [3.63, 3.8) is 0 Å². The van der Waals surface area contributed by atoms with Crippen LogP contribution in [0.4, 0.5) is 13.2 Å². The first-order valence-corrected chi connectivity index (χ1v) is 6.91. The van der Waals surface area contributed by atoms with Gasteiger partial charge in [-0.3, -0.25) is 0 Å². The van der Waals surface area contributed by atoms with Crippen LogP contribution in [0, 0.1) is 5.92 Å². The Labute approximate surface area is 107 Å². The van der Waals surface area contributed by atoms with E-state index in [9.17, 15) is 13.2 Å². The van der Waals surface area contributed by atoms with Gasteiger partial charge < -0.3 is 10.1 Å². The highest BCUT2D eigenvalue weighted by atomic mass is 19.4. The Morgan fingerprint density at radius 2 is 1.78 bits per heavy atom. The first-order valence-electron chi connectivity index (χ1n) is 6.91. The molecule has 1 aliphatic carbocycles. The van der Waals surface area contributed by atoms with E-state index in [1.807, 2.05) is 6.92 Å². The smallest absolute Gasteiger partial charge is 0.370 e. The topological polar surface area (TPSA) is 21.3 Å². The quantitative estimate of drug-likeness (QED) is 0.744. The molecule has 108 valence electrons. The van der Waals surface area contributed by atoms with Gasteiger partial charge in [0, 0.05) is 6.04 Å². The van der Waals surface area contributed by atoms with Crippen molar-refractivity contribution in [2.24, 2.45) is 5.92 Å². The summed E-state index contributed by atoms with van der Waals surface area (Å²) in [6.45, 7) is 1.78. The SMILES string of the molecule is CCNC(COCC(F)(F)F)C1CCCCCC1. The highest BCUT2D eigenvalue weighted by Gasteiger charge is 2.29. The van der Waals surface area contributed by atoms with Gasteiger partial charge in [0.05, 0.1) is 6.61 Å². The molecule has 0 aromatic rings. The van der Waals surface area contributed by atoms with Crippen LogP contribution in [-0.4, -0.2) is 32.0 Å². The first kappa shape index (κ1) is 15.8. The van der Waals surface area contributed by atoms with Crippen LogP contribution >= 0.6 is 0 Å². The van der Waals surface area contributed by atoms with E-state index < -0.39 is 12.8 Å². The molecule has 0 spiro atoms. The third-order valence-corrected chi connectivity index (χ3v) is 3.50. The average molecular weight is 267 g/mol. The lowest BCUT2D eigenvalue weighted by molar-refractivity contribution is -0.176. The van der Waals surface area contributed by atoms with Crippen LogP contribution in [-0.2, 0) is 4.74 Å². The van der Waals surface area contributed by atoms with Gasteiger partial charge in [-0.15, -0.1) is 0 Å². The Bertz CT molecular complexity index is 213. The minimum atomic E-state index is -4.22. The van der Waals surface area contributed by atoms with Crippen LogP contribution in [0.3, 0.4) is 0 Å². The lowest BCUT2D eigenvalue weighted by Crippen LogP contribution is -2.40. The third kappa shape index (κ3) is 6.59. The number of rotatable bonds is 6. The minimum absolute atomic E-state index is 0.0652. The number of nitrogens with one attached hydrogen (secondary N) is 1. The van der Waals surface area contributed by atoms with E-state index in [4.69, 9.17) is 4.74 Å². The number of ether oxygens (including phenoxy) is 1. The van der Waals surface area contributed by atoms with Gasteiger partial charge in [0.2, 0.25) is 0 Å². The zero-order valence-electron chi connectivity index (χ0n) is 11.1. The summed E-state index contributed by atoms with van der Waals surface area (Å²) in [4.78, 5) is 0. The van der Waals surface area contributed by atoms with Crippen LogP contribution in [0.2, 0.25) is 0 Å². The second-order valence-corrected chi connectivity index (χ2v) is 5.05. The summed E-state index contributed by atoms with van der Waals surface area (Å²) in [5.74, 6) is 0.459. The summed E-state index contributed by atoms with van der Waals surface area (Å²) in [6, 6.07) is 0.0652. The van der Waals surface area contributed by atoms with Crippen LogP contribution < -0.4 is 5.32 Å². The van der Waals surface area contributed by atoms with Gasteiger partial charge in [0.25, 0.3) is 0 Å². The van der Waals surface area contributed by atoms with Crippen LogP contribution in [0.5, 0.6) is 0 Å². The van der Waals surface area contributed by atoms with E-state index >= 15 is 0 Å². The first-order chi connectivity index (χ1) is 8.53. The summed E-state index contributed by atoms with van der Waals surface area (Å²) in [6.07, 6.45) is 2.86. The van der Waals surface area contributed by atoms with E-state index in [2.05, 4.69) is 5.32 Å². The molecule has 0 heterocycles. The molecule has 1 aliphatic rings. The fourth-order valence-electron chi connectivity index (χ4n) is 2.64. The maximum Gasteiger partial charge on any atom is 0.411 e. The van der Waals surface area contributed by atoms with E-state index in [0.29, 0.717) is 5.92 Å². The molecule has 2 nitrogen and oxygen atoms in total. The Morgan fingerprint density at radius 1 is 1.17 bits per heavy atom. The van der Waals surface area contributed by atoms with Crippen LogP contribution in [0.25, 0.3) is 0 Å². The molecule has 1 fully saturated rings. The fourth-order valence-corrected chi connectivity index (χ4v) is 2.64. The van der Waals surface area contributed by atoms with Gasteiger partial charge in [-0.2, -0.15) is 13.2 Å². The van der Waals surface area contributed by atoms with E-state index in [0.717, 1.165) is 19.4 Å². The number of alkyl halides is 3. The zero-order valence-corrected chi connectivity index (χ0v) is 11.1. The summed E-state index contributed by atoms with van der Waals surface area (Å²) < 4.78 is 41.0. The summed E-state index contributed by atoms with van der Waals surface area (Å²) in [7, 11) is 0. The molecule has 1 N–H and O–H groups in total. The molecule has 0 aromatic heterocycles. The largest absolute Gasteiger partial charge is 0.411 e. The molecule has 0 radical (unpaired) electrons. The van der Waals surface area contributed by atoms with Crippen LogP contribution in [0.15, 0.2) is 0 Å². The Morgan fingerprint density at radius 3 is 2.28 bits per heavy atom. The fraction of sp³-hybridized carbons (Fsp3) is 1.00. The van der Waals surface area contributed by atoms with E-state index in [1.165, 1.54) is 25.7 Å². The van der Waals surface area contributed by atoms with E-state index in [1.54, 1.807) is 0 Å². The predicted molar refractivity (Wildman–Crippen MR) is 65.5 cm³/mol. The zero-order chi connectivity index (χ0) is 13.4. The Balaban J connectivity index is 2.37. The number of hydrogen-bond acceptors (Lipinski definition) is 2. The molecule has 1 unspecified atom stereocenters. The molecule has 1 atom stereocenters. The van der Waals surface area contributed by atoms with Crippen LogP contribution in [0.1, 0.15) is 45.4 Å². The van der Waals surface area contributed by atoms with Gasteiger partial charge >= 0.3 is 6.18 Å². The lowest BCUT2D eigenvalue weighted by atomic mass is 9.92. The van der Waals surface area contributed by atoms with Crippen molar-refractivity contribution in [2.45, 2.75) is 57.7 Å². The molecule has 1 rings (SSSR count). The molecule has 18 heavy (non-hydrogen) atoms. The second kappa shape index (κ2) is 8.00. The number of likely N-dealkylation sites (N-methyl/N-ethyl adjacent to an activating group) is 1. The van der Waals surface area contributed by atoms with Crippen molar-refractivity contribution in [2.75, 3.05) is 19.8 Å². The summed E-state index contributed by atoms with van der Waals surface area (Å²) in [5, 5.41) is 3.27. The molecule has 5 heteroatoms. The van der Waals surface area contributed by atoms with Crippen molar-refractivity contribution in [3.8, 4) is 0 Å². The van der Waals surface area contributed by atoms with Gasteiger partial charge in [-0.25, -0.2) is 0 Å². The maximum atomic E-state index is 12.1. The molecule has 0 bridgehead atoms. The number of halogens is 3. The van der Waals surface area contributed by atoms with Crippen molar-refractivity contribution in [1.82, 2.24) is 5.32 Å². The summed E-state index contributed by atoms with van der Waals surface area (Å²) >= 11 is 0. The van der Waals surface area contributed by atoms with E-state index in [-0.39, 0.29) is 12.6 Å². The van der Waals surface area contributed by atoms with Crippen molar-refractivity contribution in [3.05, 3.63) is 0 Å². The Kier molecular flexibility index (Phi) is 7.00. The van der Waals surface area contributed by atoms with Gasteiger partial charge in [0.15, 0.2) is 0 Å². The molecule has 0 amide bonds. The summed E-state index contributed by atoms with van der Waals surface area (Å²) in [5.41, 5.74) is 0. The molecular formula is C13H24F3NO. The normalized spacial score (nSPS) is 20.7. The van der Waals surface area contributed by atoms with Gasteiger partial charge in [-0.05, 0) is 25.3 Å². The number of hydrogen-bond donors (Lipinski definition) is 1. The van der Waals surface area contributed by atoms with Crippen molar-refractivity contribution >= 4 is 0 Å². The monoisotopic (exact) mass is 267 g/mol. The maximum absolute atomic E-state index is 12.1. The molecule has 1 saturated carbocycles. The third-order valence-electron chi connectivity index (χ3n) is 3.50. The molecule has 0 saturated heterocycles. The van der Waals surface area contributed by atoms with Crippen molar-refractivity contribution in [1.29, 1.82) is 0 Å². The highest BCUT2D eigenvalue weighted by Crippen LogP contribution is 2.26. The van der Waals surface area contributed by atoms with Gasteiger partial charge in [0.1, 0.15) is 6.61 Å². The highest BCUT2D eigenvalue weighted by molar-refractivity contribution is 4.78. The molecule has 0 aromatic carbocycles. The van der Waals surface area contributed by atoms with Gasteiger partial charge in [-0.1, -0.05) is 32.6 Å².